The zero-order valence-corrected chi connectivity index (χ0v) is 11.1. The van der Waals surface area contributed by atoms with Gasteiger partial charge in [-0.2, -0.15) is 11.8 Å². The number of anilines is 1. The highest BCUT2D eigenvalue weighted by atomic mass is 32.2. The largest absolute Gasteiger partial charge is 0.369 e. The summed E-state index contributed by atoms with van der Waals surface area (Å²) in [6, 6.07) is 5.01. The van der Waals surface area contributed by atoms with Crippen molar-refractivity contribution in [2.75, 3.05) is 12.0 Å². The first-order valence-corrected chi connectivity index (χ1v) is 7.43. The first kappa shape index (κ1) is 11.8. The molecule has 1 aromatic carbocycles. The lowest BCUT2D eigenvalue weighted by Gasteiger charge is -2.15. The summed E-state index contributed by atoms with van der Waals surface area (Å²) in [7, 11) is 0. The van der Waals surface area contributed by atoms with Gasteiger partial charge >= 0.3 is 0 Å². The second-order valence-corrected chi connectivity index (χ2v) is 5.94. The maximum Gasteiger partial charge on any atom is 0.201 e. The summed E-state index contributed by atoms with van der Waals surface area (Å²) in [4.78, 5) is 4.32. The monoisotopic (exact) mass is 265 g/mol. The Balaban J connectivity index is 2.05. The van der Waals surface area contributed by atoms with Crippen LogP contribution in [-0.2, 0) is 0 Å². The Labute approximate surface area is 110 Å². The molecule has 0 saturated heterocycles. The van der Waals surface area contributed by atoms with Crippen LogP contribution in [0, 0.1) is 5.82 Å². The summed E-state index contributed by atoms with van der Waals surface area (Å²) in [5.74, 6) is 0.269. The summed E-state index contributed by atoms with van der Waals surface area (Å²) in [5.41, 5.74) is 7.59. The summed E-state index contributed by atoms with van der Waals surface area (Å²) >= 11 is 1.90. The van der Waals surface area contributed by atoms with Crippen molar-refractivity contribution >= 4 is 28.7 Å². The molecule has 18 heavy (non-hydrogen) atoms. The van der Waals surface area contributed by atoms with Crippen molar-refractivity contribution in [1.29, 1.82) is 0 Å². The second-order valence-electron chi connectivity index (χ2n) is 4.80. The number of nitrogen functional groups attached to an aromatic ring is 1. The van der Waals surface area contributed by atoms with Crippen molar-refractivity contribution in [3.8, 4) is 0 Å². The lowest BCUT2D eigenvalue weighted by molar-refractivity contribution is 0.539. The molecule has 1 saturated carbocycles. The van der Waals surface area contributed by atoms with Crippen LogP contribution in [0.1, 0.15) is 25.3 Å². The van der Waals surface area contributed by atoms with E-state index in [1.807, 2.05) is 16.3 Å². The summed E-state index contributed by atoms with van der Waals surface area (Å²) < 4.78 is 15.4. The van der Waals surface area contributed by atoms with Crippen molar-refractivity contribution in [2.24, 2.45) is 0 Å². The molecule has 0 aliphatic heterocycles. The molecule has 3 nitrogen and oxygen atoms in total. The molecule has 0 radical (unpaired) electrons. The average Bonchev–Trinajstić information content (AvgIpc) is 2.92. The lowest BCUT2D eigenvalue weighted by atomic mass is 10.2. The molecule has 2 atom stereocenters. The molecule has 1 heterocycles. The number of rotatable bonds is 2. The minimum atomic E-state index is -0.233. The van der Waals surface area contributed by atoms with Crippen LogP contribution in [0.3, 0.4) is 0 Å². The molecule has 2 unspecified atom stereocenters. The minimum absolute atomic E-state index is 0.233. The molecule has 2 aromatic rings. The van der Waals surface area contributed by atoms with E-state index in [9.17, 15) is 4.39 Å². The number of hydrogen-bond acceptors (Lipinski definition) is 3. The number of imidazole rings is 1. The van der Waals surface area contributed by atoms with Crippen molar-refractivity contribution < 1.29 is 4.39 Å². The van der Waals surface area contributed by atoms with Gasteiger partial charge in [0.1, 0.15) is 5.82 Å². The molecular formula is C13H16FN3S. The molecule has 1 aliphatic rings. The van der Waals surface area contributed by atoms with Gasteiger partial charge in [0.15, 0.2) is 0 Å². The van der Waals surface area contributed by atoms with Gasteiger partial charge in [0.25, 0.3) is 0 Å². The van der Waals surface area contributed by atoms with Crippen molar-refractivity contribution in [3.05, 3.63) is 24.0 Å². The zero-order valence-electron chi connectivity index (χ0n) is 10.3. The number of aromatic nitrogens is 2. The standard InChI is InChI=1S/C13H16FN3S/c1-18-10-4-3-9(7-10)17-12-6-8(14)2-5-11(12)16-13(17)15/h2,5-6,9-10H,3-4,7H2,1H3,(H2,15,16). The normalized spacial score (nSPS) is 23.9. The van der Waals surface area contributed by atoms with E-state index >= 15 is 0 Å². The molecule has 0 bridgehead atoms. The van der Waals surface area contributed by atoms with Gasteiger partial charge in [-0.3, -0.25) is 0 Å². The smallest absolute Gasteiger partial charge is 0.201 e. The molecular weight excluding hydrogens is 249 g/mol. The topological polar surface area (TPSA) is 43.8 Å². The van der Waals surface area contributed by atoms with Crippen LogP contribution in [0.15, 0.2) is 18.2 Å². The van der Waals surface area contributed by atoms with E-state index in [2.05, 4.69) is 11.2 Å². The first-order chi connectivity index (χ1) is 8.69. The Kier molecular flexibility index (Phi) is 2.93. The van der Waals surface area contributed by atoms with Crippen LogP contribution in [0.2, 0.25) is 0 Å². The quantitative estimate of drug-likeness (QED) is 0.906. The number of hydrogen-bond donors (Lipinski definition) is 1. The summed E-state index contributed by atoms with van der Waals surface area (Å²) in [6.45, 7) is 0. The van der Waals surface area contributed by atoms with E-state index in [0.29, 0.717) is 17.2 Å². The predicted octanol–water partition coefficient (Wildman–Crippen LogP) is 3.21. The van der Waals surface area contributed by atoms with Gasteiger partial charge in [0, 0.05) is 11.3 Å². The van der Waals surface area contributed by atoms with Gasteiger partial charge < -0.3 is 10.3 Å². The highest BCUT2D eigenvalue weighted by Crippen LogP contribution is 2.39. The molecule has 1 fully saturated rings. The first-order valence-electron chi connectivity index (χ1n) is 6.15. The van der Waals surface area contributed by atoms with Gasteiger partial charge in [-0.15, -0.1) is 0 Å². The Morgan fingerprint density at radius 2 is 2.28 bits per heavy atom. The van der Waals surface area contributed by atoms with Gasteiger partial charge in [-0.05, 0) is 43.7 Å². The van der Waals surface area contributed by atoms with Crippen molar-refractivity contribution in [3.63, 3.8) is 0 Å². The van der Waals surface area contributed by atoms with Crippen molar-refractivity contribution in [2.45, 2.75) is 30.6 Å². The summed E-state index contributed by atoms with van der Waals surface area (Å²) in [6.07, 6.45) is 5.52. The van der Waals surface area contributed by atoms with Crippen LogP contribution in [0.4, 0.5) is 10.3 Å². The van der Waals surface area contributed by atoms with Crippen molar-refractivity contribution in [1.82, 2.24) is 9.55 Å². The Bertz CT molecular complexity index is 581. The fourth-order valence-corrected chi connectivity index (χ4v) is 3.62. The molecule has 1 aliphatic carbocycles. The molecule has 0 spiro atoms. The number of nitrogens with zero attached hydrogens (tertiary/aromatic N) is 2. The molecule has 3 rings (SSSR count). The number of thioether (sulfide) groups is 1. The van der Waals surface area contributed by atoms with Crippen LogP contribution in [-0.4, -0.2) is 21.1 Å². The average molecular weight is 265 g/mol. The molecule has 5 heteroatoms. The van der Waals surface area contributed by atoms with Gasteiger partial charge in [0.2, 0.25) is 5.95 Å². The summed E-state index contributed by atoms with van der Waals surface area (Å²) in [5, 5.41) is 0.681. The highest BCUT2D eigenvalue weighted by Gasteiger charge is 2.27. The Morgan fingerprint density at radius 1 is 1.44 bits per heavy atom. The van der Waals surface area contributed by atoms with E-state index in [1.165, 1.54) is 18.6 Å². The SMILES string of the molecule is CSC1CCC(n2c(N)nc3ccc(F)cc32)C1. The minimum Gasteiger partial charge on any atom is -0.369 e. The van der Waals surface area contributed by atoms with E-state index < -0.39 is 0 Å². The fraction of sp³-hybridized carbons (Fsp3) is 0.462. The van der Waals surface area contributed by atoms with Crippen LogP contribution in [0.25, 0.3) is 11.0 Å². The molecule has 1 aromatic heterocycles. The third-order valence-corrected chi connectivity index (χ3v) is 4.83. The Morgan fingerprint density at radius 3 is 3.00 bits per heavy atom. The van der Waals surface area contributed by atoms with Gasteiger partial charge in [-0.1, -0.05) is 0 Å². The predicted molar refractivity (Wildman–Crippen MR) is 74.3 cm³/mol. The van der Waals surface area contributed by atoms with E-state index in [0.717, 1.165) is 23.9 Å². The van der Waals surface area contributed by atoms with Gasteiger partial charge in [0.05, 0.1) is 11.0 Å². The third kappa shape index (κ3) is 1.86. The zero-order chi connectivity index (χ0) is 12.7. The van der Waals surface area contributed by atoms with E-state index in [4.69, 9.17) is 5.73 Å². The number of halogens is 1. The maximum atomic E-state index is 13.4. The lowest BCUT2D eigenvalue weighted by Crippen LogP contribution is -2.09. The third-order valence-electron chi connectivity index (χ3n) is 3.73. The van der Waals surface area contributed by atoms with E-state index in [1.54, 1.807) is 6.07 Å². The molecule has 96 valence electrons. The second kappa shape index (κ2) is 4.46. The van der Waals surface area contributed by atoms with Crippen LogP contribution < -0.4 is 5.73 Å². The number of nitrogens with two attached hydrogens (primary N) is 1. The maximum absolute atomic E-state index is 13.4. The van der Waals surface area contributed by atoms with Crippen LogP contribution in [0.5, 0.6) is 0 Å². The fourth-order valence-electron chi connectivity index (χ4n) is 2.83. The van der Waals surface area contributed by atoms with Crippen LogP contribution >= 0.6 is 11.8 Å². The number of benzene rings is 1. The molecule has 0 amide bonds. The van der Waals surface area contributed by atoms with E-state index in [-0.39, 0.29) is 5.82 Å². The number of fused-ring (bicyclic) bond motifs is 1. The van der Waals surface area contributed by atoms with Gasteiger partial charge in [-0.25, -0.2) is 9.37 Å². The highest BCUT2D eigenvalue weighted by molar-refractivity contribution is 7.99. The molecule has 2 N–H and O–H groups in total. The Hall–Kier alpha value is -1.23.